The molecule has 0 bridgehead atoms. The molecule has 0 fully saturated rings. The van der Waals surface area contributed by atoms with E-state index < -0.39 is 17.8 Å². The van der Waals surface area contributed by atoms with Crippen LogP contribution in [0.3, 0.4) is 0 Å². The van der Waals surface area contributed by atoms with Crippen molar-refractivity contribution in [2.75, 3.05) is 6.61 Å². The van der Waals surface area contributed by atoms with Gasteiger partial charge in [-0.05, 0) is 36.6 Å². The first-order chi connectivity index (χ1) is 13.7. The van der Waals surface area contributed by atoms with E-state index in [1.54, 1.807) is 18.2 Å². The number of hydrogen-bond acceptors (Lipinski definition) is 4. The zero-order chi connectivity index (χ0) is 21.6. The summed E-state index contributed by atoms with van der Waals surface area (Å²) >= 11 is 12.4. The fourth-order valence-electron chi connectivity index (χ4n) is 2.72. The first-order valence-corrected chi connectivity index (χ1v) is 9.96. The lowest BCUT2D eigenvalue weighted by Gasteiger charge is -2.19. The van der Waals surface area contributed by atoms with Crippen LogP contribution in [0.1, 0.15) is 31.9 Å². The molecule has 1 unspecified atom stereocenters. The van der Waals surface area contributed by atoms with Gasteiger partial charge in [-0.2, -0.15) is 0 Å². The minimum Gasteiger partial charge on any atom is -0.490 e. The summed E-state index contributed by atoms with van der Waals surface area (Å²) < 4.78 is 24.7. The molecule has 158 valence electrons. The number of rotatable bonds is 10. The Balaban J connectivity index is 2.19. The van der Waals surface area contributed by atoms with Gasteiger partial charge >= 0.3 is 5.97 Å². The summed E-state index contributed by atoms with van der Waals surface area (Å²) in [7, 11) is 0. The minimum atomic E-state index is -0.919. The van der Waals surface area contributed by atoms with Gasteiger partial charge < -0.3 is 19.9 Å². The van der Waals surface area contributed by atoms with Crippen molar-refractivity contribution in [1.29, 1.82) is 0 Å². The molecule has 0 amide bonds. The summed E-state index contributed by atoms with van der Waals surface area (Å²) in [5.74, 6) is -0.532. The van der Waals surface area contributed by atoms with Gasteiger partial charge in [0.05, 0.1) is 11.6 Å². The smallest absolute Gasteiger partial charge is 0.320 e. The van der Waals surface area contributed by atoms with Crippen LogP contribution in [0.2, 0.25) is 10.0 Å². The number of halogens is 3. The van der Waals surface area contributed by atoms with E-state index >= 15 is 0 Å². The first kappa shape index (κ1) is 23.3. The molecule has 0 saturated carbocycles. The van der Waals surface area contributed by atoms with Crippen molar-refractivity contribution in [1.82, 2.24) is 5.32 Å². The van der Waals surface area contributed by atoms with Gasteiger partial charge in [-0.15, -0.1) is 0 Å². The highest BCUT2D eigenvalue weighted by Crippen LogP contribution is 2.35. The van der Waals surface area contributed by atoms with E-state index in [4.69, 9.17) is 32.7 Å². The summed E-state index contributed by atoms with van der Waals surface area (Å²) in [4.78, 5) is 11.4. The van der Waals surface area contributed by atoms with Crippen molar-refractivity contribution >= 4 is 29.2 Å². The molecule has 0 radical (unpaired) electrons. The summed E-state index contributed by atoms with van der Waals surface area (Å²) in [6, 6.07) is 6.72. The van der Waals surface area contributed by atoms with E-state index in [2.05, 4.69) is 5.32 Å². The van der Waals surface area contributed by atoms with Gasteiger partial charge in [0.25, 0.3) is 0 Å². The number of hydrogen-bond donors (Lipinski definition) is 2. The Hall–Kier alpha value is -2.02. The monoisotopic (exact) mass is 443 g/mol. The second-order valence-electron chi connectivity index (χ2n) is 6.79. The molecule has 0 aliphatic heterocycles. The van der Waals surface area contributed by atoms with Crippen LogP contribution >= 0.6 is 23.2 Å². The maximum atomic E-state index is 13.2. The number of ether oxygens (including phenoxy) is 2. The van der Waals surface area contributed by atoms with E-state index in [0.29, 0.717) is 34.3 Å². The average molecular weight is 444 g/mol. The van der Waals surface area contributed by atoms with Gasteiger partial charge in [-0.25, -0.2) is 4.39 Å². The molecule has 1 atom stereocenters. The average Bonchev–Trinajstić information content (AvgIpc) is 2.63. The highest BCUT2D eigenvalue weighted by atomic mass is 35.5. The molecule has 0 saturated heterocycles. The molecule has 0 heterocycles. The molecular formula is C21H24Cl2FNO4. The largest absolute Gasteiger partial charge is 0.490 e. The van der Waals surface area contributed by atoms with Gasteiger partial charge in [0.15, 0.2) is 11.5 Å². The zero-order valence-corrected chi connectivity index (χ0v) is 18.0. The van der Waals surface area contributed by atoms with Crippen molar-refractivity contribution < 1.29 is 23.8 Å². The standard InChI is InChI=1S/C21H24Cl2FNO4/c1-4-28-18-7-14(10-25-20(12(2)3)21(26)27)17(23)9-19(18)29-11-13-5-6-15(24)8-16(13)22/h5-9,12,20,25H,4,10-11H2,1-3H3,(H,26,27). The Morgan fingerprint density at radius 1 is 1.10 bits per heavy atom. The molecule has 0 aliphatic rings. The summed E-state index contributed by atoms with van der Waals surface area (Å²) in [5.41, 5.74) is 1.31. The minimum absolute atomic E-state index is 0.0827. The van der Waals surface area contributed by atoms with Crippen LogP contribution in [0.15, 0.2) is 30.3 Å². The fraction of sp³-hybridized carbons (Fsp3) is 0.381. The predicted molar refractivity (Wildman–Crippen MR) is 111 cm³/mol. The lowest BCUT2D eigenvalue weighted by atomic mass is 10.0. The number of aliphatic carboxylic acids is 1. The molecule has 2 aromatic rings. The molecule has 2 N–H and O–H groups in total. The molecule has 0 spiro atoms. The van der Waals surface area contributed by atoms with Crippen LogP contribution in [0.5, 0.6) is 11.5 Å². The van der Waals surface area contributed by atoms with E-state index in [-0.39, 0.29) is 24.1 Å². The summed E-state index contributed by atoms with van der Waals surface area (Å²) in [5, 5.41) is 13.0. The second kappa shape index (κ2) is 10.7. The molecule has 0 aromatic heterocycles. The van der Waals surface area contributed by atoms with Crippen LogP contribution in [-0.2, 0) is 17.9 Å². The fourth-order valence-corrected chi connectivity index (χ4v) is 3.16. The van der Waals surface area contributed by atoms with E-state index in [1.165, 1.54) is 12.1 Å². The molecular weight excluding hydrogens is 420 g/mol. The highest BCUT2D eigenvalue weighted by molar-refractivity contribution is 6.31. The van der Waals surface area contributed by atoms with E-state index in [9.17, 15) is 14.3 Å². The van der Waals surface area contributed by atoms with Crippen molar-refractivity contribution in [3.05, 3.63) is 57.3 Å². The van der Waals surface area contributed by atoms with Crippen molar-refractivity contribution in [2.45, 2.75) is 40.0 Å². The highest BCUT2D eigenvalue weighted by Gasteiger charge is 2.21. The quantitative estimate of drug-likeness (QED) is 0.520. The lowest BCUT2D eigenvalue weighted by molar-refractivity contribution is -0.140. The molecule has 29 heavy (non-hydrogen) atoms. The first-order valence-electron chi connectivity index (χ1n) is 9.21. The molecule has 2 aromatic carbocycles. The molecule has 8 heteroatoms. The summed E-state index contributed by atoms with van der Waals surface area (Å²) in [6.07, 6.45) is 0. The Morgan fingerprint density at radius 2 is 1.76 bits per heavy atom. The number of carbonyl (C=O) groups is 1. The van der Waals surface area contributed by atoms with Crippen LogP contribution in [0.4, 0.5) is 4.39 Å². The Bertz CT molecular complexity index is 861. The number of benzene rings is 2. The van der Waals surface area contributed by atoms with Gasteiger partial charge in [-0.3, -0.25) is 4.79 Å². The molecule has 5 nitrogen and oxygen atoms in total. The van der Waals surface area contributed by atoms with Gasteiger partial charge in [-0.1, -0.05) is 43.1 Å². The van der Waals surface area contributed by atoms with Gasteiger partial charge in [0.1, 0.15) is 18.5 Å². The van der Waals surface area contributed by atoms with Crippen LogP contribution in [-0.4, -0.2) is 23.7 Å². The molecule has 0 aliphatic carbocycles. The van der Waals surface area contributed by atoms with E-state index in [0.717, 1.165) is 0 Å². The van der Waals surface area contributed by atoms with Crippen molar-refractivity contribution in [3.8, 4) is 11.5 Å². The maximum absolute atomic E-state index is 13.2. The van der Waals surface area contributed by atoms with Crippen molar-refractivity contribution in [3.63, 3.8) is 0 Å². The second-order valence-corrected chi connectivity index (χ2v) is 7.60. The SMILES string of the molecule is CCOc1cc(CNC(C(=O)O)C(C)C)c(Cl)cc1OCc1ccc(F)cc1Cl. The van der Waals surface area contributed by atoms with Crippen LogP contribution in [0.25, 0.3) is 0 Å². The number of nitrogens with one attached hydrogen (secondary N) is 1. The Morgan fingerprint density at radius 3 is 2.34 bits per heavy atom. The third-order valence-electron chi connectivity index (χ3n) is 4.26. The van der Waals surface area contributed by atoms with Crippen LogP contribution in [0, 0.1) is 11.7 Å². The Kier molecular flexibility index (Phi) is 8.56. The molecule has 2 rings (SSSR count). The van der Waals surface area contributed by atoms with Gasteiger partial charge in [0.2, 0.25) is 0 Å². The lowest BCUT2D eigenvalue weighted by Crippen LogP contribution is -2.40. The topological polar surface area (TPSA) is 67.8 Å². The normalized spacial score (nSPS) is 12.1. The zero-order valence-electron chi connectivity index (χ0n) is 16.5. The summed E-state index contributed by atoms with van der Waals surface area (Å²) in [6.45, 7) is 6.28. The van der Waals surface area contributed by atoms with Crippen molar-refractivity contribution in [2.24, 2.45) is 5.92 Å². The Labute approximate surface area is 179 Å². The van der Waals surface area contributed by atoms with Gasteiger partial charge in [0, 0.05) is 23.2 Å². The number of carboxylic acids is 1. The maximum Gasteiger partial charge on any atom is 0.320 e. The number of carboxylic acid groups (broad SMARTS) is 1. The van der Waals surface area contributed by atoms with Crippen LogP contribution < -0.4 is 14.8 Å². The third-order valence-corrected chi connectivity index (χ3v) is 4.96. The van der Waals surface area contributed by atoms with E-state index in [1.807, 2.05) is 20.8 Å². The third kappa shape index (κ3) is 6.49. The predicted octanol–water partition coefficient (Wildman–Crippen LogP) is 5.31.